The summed E-state index contributed by atoms with van der Waals surface area (Å²) in [6.07, 6.45) is 0. The van der Waals surface area contributed by atoms with Gasteiger partial charge in [-0.1, -0.05) is 121 Å². The highest BCUT2D eigenvalue weighted by atomic mass is 32.1. The Kier molecular flexibility index (Phi) is 6.39. The average molecular weight is 682 g/mol. The zero-order valence-electron chi connectivity index (χ0n) is 27.7. The van der Waals surface area contributed by atoms with E-state index in [1.807, 2.05) is 12.1 Å². The van der Waals surface area contributed by atoms with Crippen molar-refractivity contribution in [2.24, 2.45) is 0 Å². The molecule has 0 saturated carbocycles. The molecule has 242 valence electrons. The summed E-state index contributed by atoms with van der Waals surface area (Å²) in [6.45, 7) is 0. The van der Waals surface area contributed by atoms with E-state index < -0.39 is 0 Å². The minimum Gasteiger partial charge on any atom is -0.456 e. The van der Waals surface area contributed by atoms with Crippen LogP contribution in [-0.4, -0.2) is 15.0 Å². The summed E-state index contributed by atoms with van der Waals surface area (Å²) in [7, 11) is 0. The number of nitrogens with zero attached hydrogens (tertiary/aromatic N) is 3. The van der Waals surface area contributed by atoms with Gasteiger partial charge in [0.15, 0.2) is 17.5 Å². The van der Waals surface area contributed by atoms with Crippen LogP contribution in [0.3, 0.4) is 0 Å². The minimum absolute atomic E-state index is 0.609. The van der Waals surface area contributed by atoms with Gasteiger partial charge in [-0.25, -0.2) is 15.0 Å². The first-order valence-electron chi connectivity index (χ1n) is 17.3. The minimum atomic E-state index is 0.609. The zero-order valence-corrected chi connectivity index (χ0v) is 28.6. The van der Waals surface area contributed by atoms with Gasteiger partial charge in [0, 0.05) is 47.6 Å². The number of furan rings is 1. The van der Waals surface area contributed by atoms with Gasteiger partial charge in [-0.15, -0.1) is 11.3 Å². The van der Waals surface area contributed by atoms with Gasteiger partial charge in [0.1, 0.15) is 11.2 Å². The van der Waals surface area contributed by atoms with Crippen molar-refractivity contribution in [3.8, 4) is 45.3 Å². The molecule has 3 heterocycles. The molecule has 0 aliphatic heterocycles. The molecule has 0 saturated heterocycles. The predicted octanol–water partition coefficient (Wildman–Crippen LogP) is 13.1. The molecule has 11 rings (SSSR count). The van der Waals surface area contributed by atoms with E-state index >= 15 is 0 Å². The van der Waals surface area contributed by atoms with E-state index in [1.54, 1.807) is 11.3 Å². The molecule has 0 atom stereocenters. The van der Waals surface area contributed by atoms with Gasteiger partial charge in [0.25, 0.3) is 0 Å². The van der Waals surface area contributed by atoms with Crippen molar-refractivity contribution in [2.45, 2.75) is 0 Å². The highest BCUT2D eigenvalue weighted by Crippen LogP contribution is 2.41. The Morgan fingerprint density at radius 3 is 1.81 bits per heavy atom. The molecule has 0 N–H and O–H groups in total. The second-order valence-corrected chi connectivity index (χ2v) is 14.3. The normalized spacial score (nSPS) is 11.8. The van der Waals surface area contributed by atoms with Crippen LogP contribution < -0.4 is 0 Å². The smallest absolute Gasteiger partial charge is 0.165 e. The van der Waals surface area contributed by atoms with E-state index in [2.05, 4.69) is 152 Å². The molecule has 0 unspecified atom stereocenters. The Morgan fingerprint density at radius 1 is 0.385 bits per heavy atom. The largest absolute Gasteiger partial charge is 0.456 e. The molecule has 0 radical (unpaired) electrons. The molecule has 0 amide bonds. The van der Waals surface area contributed by atoms with Crippen molar-refractivity contribution < 1.29 is 4.42 Å². The molecule has 0 fully saturated rings. The maximum Gasteiger partial charge on any atom is 0.165 e. The van der Waals surface area contributed by atoms with Crippen LogP contribution in [0, 0.1) is 0 Å². The SMILES string of the molecule is c1ccc2cc(-c3ccc4c(c3)oc3cccc(-c5nc(-c6ccc7ccccc7c6)nc(-c6cccc7c6sc6ccccc67)n5)c34)ccc2c1. The van der Waals surface area contributed by atoms with E-state index in [-0.39, 0.29) is 0 Å². The van der Waals surface area contributed by atoms with Crippen molar-refractivity contribution in [1.29, 1.82) is 0 Å². The van der Waals surface area contributed by atoms with Crippen molar-refractivity contribution in [2.75, 3.05) is 0 Å². The Labute approximate surface area is 302 Å². The molecule has 0 bridgehead atoms. The second kappa shape index (κ2) is 11.4. The molecule has 5 heteroatoms. The van der Waals surface area contributed by atoms with E-state index in [4.69, 9.17) is 19.4 Å². The molecule has 0 spiro atoms. The summed E-state index contributed by atoms with van der Waals surface area (Å²) >= 11 is 1.78. The highest BCUT2D eigenvalue weighted by molar-refractivity contribution is 7.26. The van der Waals surface area contributed by atoms with Gasteiger partial charge in [-0.05, 0) is 75.1 Å². The first kappa shape index (κ1) is 29.1. The van der Waals surface area contributed by atoms with Crippen LogP contribution in [0.25, 0.3) is 109 Å². The second-order valence-electron chi connectivity index (χ2n) is 13.2. The van der Waals surface area contributed by atoms with Crippen molar-refractivity contribution >= 4 is 75.0 Å². The third-order valence-electron chi connectivity index (χ3n) is 10.1. The lowest BCUT2D eigenvalue weighted by Gasteiger charge is -2.10. The summed E-state index contributed by atoms with van der Waals surface area (Å²) in [5.41, 5.74) is 6.72. The van der Waals surface area contributed by atoms with Crippen LogP contribution in [0.5, 0.6) is 0 Å². The third-order valence-corrected chi connectivity index (χ3v) is 11.3. The van der Waals surface area contributed by atoms with Gasteiger partial charge >= 0.3 is 0 Å². The fraction of sp³-hybridized carbons (Fsp3) is 0. The molecular formula is C47H27N3OS. The van der Waals surface area contributed by atoms with Gasteiger partial charge in [-0.2, -0.15) is 0 Å². The first-order chi connectivity index (χ1) is 25.7. The van der Waals surface area contributed by atoms with E-state index in [0.717, 1.165) is 55.1 Å². The van der Waals surface area contributed by atoms with Crippen LogP contribution in [0.15, 0.2) is 168 Å². The maximum absolute atomic E-state index is 6.56. The molecule has 11 aromatic rings. The topological polar surface area (TPSA) is 51.8 Å². The van der Waals surface area contributed by atoms with Gasteiger partial charge < -0.3 is 4.42 Å². The quantitative estimate of drug-likeness (QED) is 0.185. The van der Waals surface area contributed by atoms with Crippen LogP contribution in [-0.2, 0) is 0 Å². The standard InChI is InChI=1S/C47H27N3OS/c1-3-11-30-25-32(21-19-28(30)9-1)33-23-24-37-41(27-33)51-40-17-8-15-38(43(37)40)46-48-45(34-22-20-29-10-2-4-12-31(29)26-34)49-47(50-46)39-16-7-14-36-35-13-5-6-18-42(35)52-44(36)39/h1-27H. The fourth-order valence-electron chi connectivity index (χ4n) is 7.56. The Morgan fingerprint density at radius 2 is 0.981 bits per heavy atom. The average Bonchev–Trinajstić information content (AvgIpc) is 3.78. The zero-order chi connectivity index (χ0) is 34.2. The van der Waals surface area contributed by atoms with Gasteiger partial charge in [-0.3, -0.25) is 0 Å². The molecule has 0 aliphatic rings. The number of fused-ring (bicyclic) bond motifs is 8. The van der Waals surface area contributed by atoms with Gasteiger partial charge in [0.05, 0.1) is 0 Å². The van der Waals surface area contributed by atoms with Crippen LogP contribution >= 0.6 is 11.3 Å². The van der Waals surface area contributed by atoms with Gasteiger partial charge in [0.2, 0.25) is 0 Å². The Bertz CT molecular complexity index is 3210. The van der Waals surface area contributed by atoms with Crippen LogP contribution in [0.1, 0.15) is 0 Å². The molecule has 4 nitrogen and oxygen atoms in total. The number of rotatable bonds is 4. The summed E-state index contributed by atoms with van der Waals surface area (Å²) in [5, 5.41) is 9.22. The summed E-state index contributed by atoms with van der Waals surface area (Å²) in [6, 6.07) is 57.5. The highest BCUT2D eigenvalue weighted by Gasteiger charge is 2.20. The molecular weight excluding hydrogens is 655 g/mol. The Balaban J connectivity index is 1.13. The molecule has 3 aromatic heterocycles. The van der Waals surface area contributed by atoms with Crippen molar-refractivity contribution in [3.63, 3.8) is 0 Å². The van der Waals surface area contributed by atoms with Crippen molar-refractivity contribution in [1.82, 2.24) is 15.0 Å². The lowest BCUT2D eigenvalue weighted by molar-refractivity contribution is 0.669. The number of hydrogen-bond donors (Lipinski definition) is 0. The maximum atomic E-state index is 6.56. The molecule has 8 aromatic carbocycles. The van der Waals surface area contributed by atoms with Crippen LogP contribution in [0.2, 0.25) is 0 Å². The number of benzene rings is 8. The van der Waals surface area contributed by atoms with Crippen LogP contribution in [0.4, 0.5) is 0 Å². The summed E-state index contributed by atoms with van der Waals surface area (Å²) in [5.74, 6) is 1.89. The Hall–Kier alpha value is -6.69. The first-order valence-corrected chi connectivity index (χ1v) is 18.2. The monoisotopic (exact) mass is 681 g/mol. The number of thiophene rings is 1. The summed E-state index contributed by atoms with van der Waals surface area (Å²) in [4.78, 5) is 15.6. The third kappa shape index (κ3) is 4.64. The lowest BCUT2D eigenvalue weighted by Crippen LogP contribution is -2.00. The van der Waals surface area contributed by atoms with E-state index in [0.29, 0.717) is 17.5 Å². The van der Waals surface area contributed by atoms with E-state index in [1.165, 1.54) is 36.3 Å². The summed E-state index contributed by atoms with van der Waals surface area (Å²) < 4.78 is 8.97. The van der Waals surface area contributed by atoms with E-state index in [9.17, 15) is 0 Å². The molecule has 0 aliphatic carbocycles. The molecule has 52 heavy (non-hydrogen) atoms. The number of hydrogen-bond acceptors (Lipinski definition) is 5. The van der Waals surface area contributed by atoms with Crippen molar-refractivity contribution in [3.05, 3.63) is 164 Å². The number of aromatic nitrogens is 3. The predicted molar refractivity (Wildman–Crippen MR) is 217 cm³/mol. The fourth-order valence-corrected chi connectivity index (χ4v) is 8.77. The lowest BCUT2D eigenvalue weighted by atomic mass is 9.99.